The molecule has 0 bridgehead atoms. The Hall–Kier alpha value is -3.89. The summed E-state index contributed by atoms with van der Waals surface area (Å²) in [6, 6.07) is 9.31. The van der Waals surface area contributed by atoms with Crippen LogP contribution in [0, 0.1) is 5.82 Å². The van der Waals surface area contributed by atoms with Gasteiger partial charge in [-0.1, -0.05) is 0 Å². The zero-order valence-electron chi connectivity index (χ0n) is 16.7. The number of benzene rings is 2. The van der Waals surface area contributed by atoms with Crippen LogP contribution in [0.1, 0.15) is 0 Å². The standard InChI is InChI=1S/C21H17F4N5O2/c1-29-17-5-2-13(8-12(17)9-27-29)28-16-4-3-15(22)14-6-7-30(20(32)19(14)16)10-18(31)26-11-21(23,24)25/h2-9,28H,10-11H2,1H3,(H,26,31). The van der Waals surface area contributed by atoms with E-state index in [1.807, 2.05) is 12.1 Å². The Morgan fingerprint density at radius 2 is 1.94 bits per heavy atom. The van der Waals surface area contributed by atoms with Crippen LogP contribution in [0.3, 0.4) is 0 Å². The highest BCUT2D eigenvalue weighted by molar-refractivity contribution is 5.96. The van der Waals surface area contributed by atoms with Gasteiger partial charge in [0.1, 0.15) is 18.9 Å². The summed E-state index contributed by atoms with van der Waals surface area (Å²) in [4.78, 5) is 24.8. The first-order valence-electron chi connectivity index (χ1n) is 9.46. The minimum Gasteiger partial charge on any atom is -0.355 e. The monoisotopic (exact) mass is 447 g/mol. The van der Waals surface area contributed by atoms with Gasteiger partial charge in [-0.05, 0) is 36.4 Å². The maximum absolute atomic E-state index is 14.4. The van der Waals surface area contributed by atoms with Crippen LogP contribution in [0.5, 0.6) is 0 Å². The number of carbonyl (C=O) groups is 1. The zero-order valence-corrected chi connectivity index (χ0v) is 16.7. The summed E-state index contributed by atoms with van der Waals surface area (Å²) in [5.74, 6) is -1.63. The lowest BCUT2D eigenvalue weighted by Crippen LogP contribution is -2.37. The van der Waals surface area contributed by atoms with E-state index in [1.54, 1.807) is 29.3 Å². The number of rotatable bonds is 5. The number of pyridine rings is 1. The summed E-state index contributed by atoms with van der Waals surface area (Å²) >= 11 is 0. The molecule has 4 aromatic rings. The molecule has 32 heavy (non-hydrogen) atoms. The van der Waals surface area contributed by atoms with Gasteiger partial charge in [0, 0.05) is 29.7 Å². The van der Waals surface area contributed by atoms with Crippen molar-refractivity contribution >= 4 is 39.0 Å². The van der Waals surface area contributed by atoms with Crippen LogP contribution < -0.4 is 16.2 Å². The topological polar surface area (TPSA) is 81.0 Å². The molecule has 2 aromatic carbocycles. The van der Waals surface area contributed by atoms with Crippen molar-refractivity contribution in [3.63, 3.8) is 0 Å². The van der Waals surface area contributed by atoms with Gasteiger partial charge >= 0.3 is 6.18 Å². The number of hydrogen-bond acceptors (Lipinski definition) is 4. The summed E-state index contributed by atoms with van der Waals surface area (Å²) in [6.07, 6.45) is -1.72. The van der Waals surface area contributed by atoms with Crippen molar-refractivity contribution in [2.75, 3.05) is 11.9 Å². The number of carbonyl (C=O) groups excluding carboxylic acids is 1. The van der Waals surface area contributed by atoms with Crippen LogP contribution in [0.4, 0.5) is 28.9 Å². The van der Waals surface area contributed by atoms with Crippen molar-refractivity contribution in [1.82, 2.24) is 19.7 Å². The van der Waals surface area contributed by atoms with Crippen LogP contribution >= 0.6 is 0 Å². The predicted molar refractivity (Wildman–Crippen MR) is 111 cm³/mol. The molecule has 2 heterocycles. The van der Waals surface area contributed by atoms with E-state index in [0.29, 0.717) is 11.4 Å². The Bertz CT molecular complexity index is 1390. The molecule has 0 unspecified atom stereocenters. The lowest BCUT2D eigenvalue weighted by atomic mass is 10.1. The smallest absolute Gasteiger partial charge is 0.355 e. The first-order chi connectivity index (χ1) is 15.1. The lowest BCUT2D eigenvalue weighted by Gasteiger charge is -2.13. The van der Waals surface area contributed by atoms with Crippen molar-refractivity contribution in [3.05, 3.63) is 65.0 Å². The van der Waals surface area contributed by atoms with Crippen LogP contribution in [0.15, 0.2) is 53.6 Å². The van der Waals surface area contributed by atoms with E-state index in [4.69, 9.17) is 0 Å². The highest BCUT2D eigenvalue weighted by Gasteiger charge is 2.27. The summed E-state index contributed by atoms with van der Waals surface area (Å²) in [5, 5.41) is 9.80. The van der Waals surface area contributed by atoms with Gasteiger partial charge in [0.25, 0.3) is 5.56 Å². The molecule has 0 radical (unpaired) electrons. The third kappa shape index (κ3) is 4.27. The van der Waals surface area contributed by atoms with Crippen LogP contribution in [0.25, 0.3) is 21.7 Å². The molecule has 0 spiro atoms. The first-order valence-corrected chi connectivity index (χ1v) is 9.46. The average molecular weight is 447 g/mol. The average Bonchev–Trinajstić information content (AvgIpc) is 3.10. The van der Waals surface area contributed by atoms with Gasteiger partial charge in [-0.25, -0.2) is 4.39 Å². The molecule has 4 rings (SSSR count). The maximum Gasteiger partial charge on any atom is 0.405 e. The number of amides is 1. The third-order valence-electron chi connectivity index (χ3n) is 4.91. The second-order valence-electron chi connectivity index (χ2n) is 7.19. The largest absolute Gasteiger partial charge is 0.405 e. The fourth-order valence-electron chi connectivity index (χ4n) is 3.40. The highest BCUT2D eigenvalue weighted by Crippen LogP contribution is 2.27. The number of alkyl halides is 3. The Balaban J connectivity index is 1.69. The molecule has 166 valence electrons. The summed E-state index contributed by atoms with van der Waals surface area (Å²) in [7, 11) is 1.80. The van der Waals surface area contributed by atoms with Gasteiger partial charge in [0.2, 0.25) is 5.91 Å². The van der Waals surface area contributed by atoms with Crippen molar-refractivity contribution in [2.24, 2.45) is 7.05 Å². The fourth-order valence-corrected chi connectivity index (χ4v) is 3.40. The Morgan fingerprint density at radius 1 is 1.16 bits per heavy atom. The molecule has 1 amide bonds. The van der Waals surface area contributed by atoms with E-state index in [0.717, 1.165) is 15.5 Å². The molecule has 0 saturated carbocycles. The number of aryl methyl sites for hydroxylation is 1. The van der Waals surface area contributed by atoms with E-state index in [9.17, 15) is 27.2 Å². The van der Waals surface area contributed by atoms with E-state index in [1.165, 1.54) is 24.4 Å². The number of aromatic nitrogens is 3. The zero-order chi connectivity index (χ0) is 23.0. The van der Waals surface area contributed by atoms with Crippen molar-refractivity contribution in [2.45, 2.75) is 12.7 Å². The normalized spacial score (nSPS) is 11.8. The minimum atomic E-state index is -4.57. The highest BCUT2D eigenvalue weighted by atomic mass is 19.4. The number of nitrogens with zero attached hydrogens (tertiary/aromatic N) is 3. The summed E-state index contributed by atoms with van der Waals surface area (Å²) < 4.78 is 53.9. The fraction of sp³-hybridized carbons (Fsp3) is 0.190. The van der Waals surface area contributed by atoms with Crippen molar-refractivity contribution < 1.29 is 22.4 Å². The third-order valence-corrected chi connectivity index (χ3v) is 4.91. The predicted octanol–water partition coefficient (Wildman–Crippen LogP) is 3.45. The number of anilines is 2. The number of halogens is 4. The van der Waals surface area contributed by atoms with Crippen LogP contribution in [-0.2, 0) is 18.4 Å². The minimum absolute atomic E-state index is 0.0226. The molecule has 0 aliphatic rings. The summed E-state index contributed by atoms with van der Waals surface area (Å²) in [5.41, 5.74) is 1.09. The van der Waals surface area contributed by atoms with Crippen molar-refractivity contribution in [1.29, 1.82) is 0 Å². The van der Waals surface area contributed by atoms with Gasteiger partial charge < -0.3 is 15.2 Å². The molecular formula is C21H17F4N5O2. The van der Waals surface area contributed by atoms with Crippen LogP contribution in [-0.4, -0.2) is 33.0 Å². The molecule has 0 aliphatic carbocycles. The lowest BCUT2D eigenvalue weighted by molar-refractivity contribution is -0.138. The van der Waals surface area contributed by atoms with Gasteiger partial charge in [-0.3, -0.25) is 14.3 Å². The molecule has 7 nitrogen and oxygen atoms in total. The van der Waals surface area contributed by atoms with Gasteiger partial charge in [-0.15, -0.1) is 0 Å². The Morgan fingerprint density at radius 3 is 2.69 bits per heavy atom. The van der Waals surface area contributed by atoms with Gasteiger partial charge in [0.05, 0.1) is 22.8 Å². The first kappa shape index (κ1) is 21.3. The molecule has 2 N–H and O–H groups in total. The Labute approximate surface area is 178 Å². The molecule has 0 fully saturated rings. The van der Waals surface area contributed by atoms with E-state index in [2.05, 4.69) is 10.4 Å². The van der Waals surface area contributed by atoms with E-state index >= 15 is 0 Å². The number of nitrogens with one attached hydrogen (secondary N) is 2. The van der Waals surface area contributed by atoms with Gasteiger partial charge in [-0.2, -0.15) is 18.3 Å². The van der Waals surface area contributed by atoms with Crippen LogP contribution in [0.2, 0.25) is 0 Å². The molecule has 0 atom stereocenters. The van der Waals surface area contributed by atoms with E-state index < -0.39 is 36.5 Å². The molecule has 2 aromatic heterocycles. The second-order valence-corrected chi connectivity index (χ2v) is 7.19. The van der Waals surface area contributed by atoms with E-state index in [-0.39, 0.29) is 10.8 Å². The molecular weight excluding hydrogens is 430 g/mol. The molecule has 0 saturated heterocycles. The molecule has 0 aliphatic heterocycles. The maximum atomic E-state index is 14.4. The number of hydrogen-bond donors (Lipinski definition) is 2. The second kappa shape index (κ2) is 7.98. The van der Waals surface area contributed by atoms with Crippen molar-refractivity contribution in [3.8, 4) is 0 Å². The number of fused-ring (bicyclic) bond motifs is 2. The quantitative estimate of drug-likeness (QED) is 0.460. The van der Waals surface area contributed by atoms with Gasteiger partial charge in [0.15, 0.2) is 0 Å². The Kier molecular flexibility index (Phi) is 5.33. The molecule has 11 heteroatoms. The summed E-state index contributed by atoms with van der Waals surface area (Å²) in [6.45, 7) is -2.14. The SMILES string of the molecule is Cn1ncc2cc(Nc3ccc(F)c4ccn(CC(=O)NCC(F)(F)F)c(=O)c34)ccc21.